The zero-order valence-electron chi connectivity index (χ0n) is 27.8. The van der Waals surface area contributed by atoms with E-state index in [1.165, 1.54) is 0 Å². The van der Waals surface area contributed by atoms with Crippen LogP contribution in [0.3, 0.4) is 0 Å². The first kappa shape index (κ1) is 33.7. The molecule has 11 nitrogen and oxygen atoms in total. The molecule has 48 heavy (non-hydrogen) atoms. The monoisotopic (exact) mass is 672 g/mol. The molecule has 2 unspecified atom stereocenters. The summed E-state index contributed by atoms with van der Waals surface area (Å²) in [7, 11) is 0. The number of ether oxygens (including phenoxy) is 1. The van der Waals surface area contributed by atoms with Crippen LogP contribution in [0.15, 0.2) is 73.8 Å². The molecule has 1 aromatic heterocycles. The van der Waals surface area contributed by atoms with Gasteiger partial charge in [-0.05, 0) is 69.5 Å². The molecule has 3 aromatic rings. The molecule has 3 aliphatic rings. The number of carbonyl (C=O) groups excluding carboxylic acids is 3. The van der Waals surface area contributed by atoms with E-state index >= 15 is 0 Å². The smallest absolute Gasteiger partial charge is 0.248 e. The van der Waals surface area contributed by atoms with E-state index in [-0.39, 0.29) is 44.1 Å². The second-order valence-electron chi connectivity index (χ2n) is 13.0. The maximum Gasteiger partial charge on any atom is 0.248 e. The Bertz CT molecular complexity index is 1710. The maximum atomic E-state index is 14.9. The fourth-order valence-corrected chi connectivity index (χ4v) is 10.4. The van der Waals surface area contributed by atoms with E-state index in [9.17, 15) is 19.5 Å². The number of amides is 3. The summed E-state index contributed by atoms with van der Waals surface area (Å²) in [6.45, 7) is 14.5. The van der Waals surface area contributed by atoms with Gasteiger partial charge in [0.15, 0.2) is 0 Å². The maximum absolute atomic E-state index is 14.9. The molecular formula is C36H44N6O5S. The van der Waals surface area contributed by atoms with Gasteiger partial charge in [0.25, 0.3) is 0 Å². The Kier molecular flexibility index (Phi) is 9.41. The summed E-state index contributed by atoms with van der Waals surface area (Å²) >= 11 is 1.61. The zero-order valence-corrected chi connectivity index (χ0v) is 28.6. The van der Waals surface area contributed by atoms with E-state index < -0.39 is 33.4 Å². The van der Waals surface area contributed by atoms with Crippen LogP contribution < -0.4 is 9.64 Å². The van der Waals surface area contributed by atoms with E-state index in [2.05, 4.69) is 30.4 Å². The molecule has 1 spiro atoms. The molecule has 6 rings (SSSR count). The van der Waals surface area contributed by atoms with Crippen LogP contribution in [0.5, 0.6) is 5.75 Å². The number of hydrogen-bond donors (Lipinski definition) is 1. The highest BCUT2D eigenvalue weighted by Crippen LogP contribution is 2.72. The third-order valence-electron chi connectivity index (χ3n) is 10.2. The average molecular weight is 673 g/mol. The van der Waals surface area contributed by atoms with Gasteiger partial charge in [-0.3, -0.25) is 14.4 Å². The number of hydrogen-bond acceptors (Lipinski definition) is 8. The Labute approximate surface area is 285 Å². The SMILES string of the molecule is C=CCN(Cn1nnc2ccccc21)C(=O)C1N([C@@H](CC)CO)C(=O)[C@@H]2[C@H](C(=O)N(CC=C)c3ccc(OCC)cc3)[C@]3(C)CCC12S3. The first-order chi connectivity index (χ1) is 23.2. The van der Waals surface area contributed by atoms with Crippen molar-refractivity contribution in [2.24, 2.45) is 11.8 Å². The third-order valence-corrected chi connectivity index (χ3v) is 12.2. The van der Waals surface area contributed by atoms with Gasteiger partial charge in [0.2, 0.25) is 17.7 Å². The van der Waals surface area contributed by atoms with Gasteiger partial charge in [-0.1, -0.05) is 36.4 Å². The highest BCUT2D eigenvalue weighted by atomic mass is 32.2. The topological polar surface area (TPSA) is 121 Å². The van der Waals surface area contributed by atoms with Crippen molar-refractivity contribution < 1.29 is 24.2 Å². The van der Waals surface area contributed by atoms with Crippen molar-refractivity contribution in [1.29, 1.82) is 0 Å². The molecule has 0 aliphatic carbocycles. The Hall–Kier alpha value is -4.16. The van der Waals surface area contributed by atoms with Gasteiger partial charge in [0.05, 0.1) is 41.4 Å². The van der Waals surface area contributed by atoms with E-state index in [1.54, 1.807) is 43.3 Å². The molecule has 1 N–H and O–H groups in total. The minimum Gasteiger partial charge on any atom is -0.494 e. The number of aliphatic hydroxyl groups excluding tert-OH is 1. The summed E-state index contributed by atoms with van der Waals surface area (Å²) in [5, 5.41) is 19.1. The fraction of sp³-hybridized carbons (Fsp3) is 0.472. The predicted molar refractivity (Wildman–Crippen MR) is 186 cm³/mol. The number of anilines is 1. The summed E-state index contributed by atoms with van der Waals surface area (Å²) in [6.07, 6.45) is 5.07. The summed E-state index contributed by atoms with van der Waals surface area (Å²) < 4.78 is 5.87. The molecule has 3 amide bonds. The van der Waals surface area contributed by atoms with Crippen LogP contribution in [-0.2, 0) is 21.1 Å². The third kappa shape index (κ3) is 5.38. The van der Waals surface area contributed by atoms with Crippen molar-refractivity contribution in [2.45, 2.75) is 68.3 Å². The van der Waals surface area contributed by atoms with Crippen LogP contribution in [0.2, 0.25) is 0 Å². The largest absolute Gasteiger partial charge is 0.494 e. The van der Waals surface area contributed by atoms with Crippen molar-refractivity contribution >= 4 is 46.2 Å². The van der Waals surface area contributed by atoms with Crippen LogP contribution in [0.1, 0.15) is 40.0 Å². The molecule has 3 fully saturated rings. The van der Waals surface area contributed by atoms with Crippen LogP contribution >= 0.6 is 11.8 Å². The Morgan fingerprint density at radius 2 is 1.83 bits per heavy atom. The number of likely N-dealkylation sites (tertiary alicyclic amines) is 1. The zero-order chi connectivity index (χ0) is 34.2. The molecule has 3 saturated heterocycles. The van der Waals surface area contributed by atoms with Crippen molar-refractivity contribution in [3.05, 3.63) is 73.8 Å². The van der Waals surface area contributed by atoms with Crippen molar-refractivity contribution in [3.8, 4) is 5.75 Å². The molecular weight excluding hydrogens is 629 g/mol. The standard InChI is InChI=1S/C36H44N6O5S/c1-6-20-39(23-41-28-13-11-10-12-27(28)37-38-41)34(46)31-36-19-18-35(5,48-36)29(30(36)33(45)42(31)24(8-3)22-43)32(44)40(21-7-2)25-14-16-26(17-15-25)47-9-4/h6-7,10-17,24,29-31,43H,1-2,8-9,18-23H2,3-5H3/t24-,29+,30-,31?,35-,36?/m0/s1. The number of para-hydroxylation sites is 1. The van der Waals surface area contributed by atoms with Crippen LogP contribution in [0, 0.1) is 11.8 Å². The highest BCUT2D eigenvalue weighted by molar-refractivity contribution is 8.02. The summed E-state index contributed by atoms with van der Waals surface area (Å²) in [5.74, 6) is -1.39. The number of thioether (sulfide) groups is 1. The predicted octanol–water partition coefficient (Wildman–Crippen LogP) is 4.27. The van der Waals surface area contributed by atoms with Gasteiger partial charge in [-0.15, -0.1) is 30.0 Å². The number of carbonyl (C=O) groups is 3. The lowest BCUT2D eigenvalue weighted by Crippen LogP contribution is -2.57. The van der Waals surface area contributed by atoms with E-state index in [4.69, 9.17) is 4.74 Å². The molecule has 4 heterocycles. The Morgan fingerprint density at radius 1 is 1.10 bits per heavy atom. The number of aliphatic hydroxyl groups is 1. The van der Waals surface area contributed by atoms with Crippen molar-refractivity contribution in [1.82, 2.24) is 24.8 Å². The van der Waals surface area contributed by atoms with Gasteiger partial charge in [0.1, 0.15) is 24.0 Å². The Morgan fingerprint density at radius 3 is 2.50 bits per heavy atom. The second kappa shape index (κ2) is 13.4. The molecule has 0 radical (unpaired) electrons. The lowest BCUT2D eigenvalue weighted by molar-refractivity contribution is -0.146. The molecule has 2 aromatic carbocycles. The lowest BCUT2D eigenvalue weighted by atomic mass is 9.66. The van der Waals surface area contributed by atoms with Gasteiger partial charge in [-0.2, -0.15) is 0 Å². The lowest BCUT2D eigenvalue weighted by Gasteiger charge is -2.39. The number of aromatic nitrogens is 3. The second-order valence-corrected chi connectivity index (χ2v) is 14.8. The van der Waals surface area contributed by atoms with Gasteiger partial charge < -0.3 is 24.5 Å². The summed E-state index contributed by atoms with van der Waals surface area (Å²) in [4.78, 5) is 49.4. The first-order valence-electron chi connectivity index (χ1n) is 16.6. The van der Waals surface area contributed by atoms with E-state index in [0.29, 0.717) is 42.8 Å². The van der Waals surface area contributed by atoms with Crippen LogP contribution in [0.4, 0.5) is 5.69 Å². The molecule has 254 valence electrons. The number of benzene rings is 2. The van der Waals surface area contributed by atoms with Crippen molar-refractivity contribution in [2.75, 3.05) is 31.2 Å². The normalized spacial score (nSPS) is 26.4. The average Bonchev–Trinajstić information content (AvgIpc) is 3.80. The molecule has 3 aliphatic heterocycles. The Balaban J connectivity index is 1.40. The first-order valence-corrected chi connectivity index (χ1v) is 17.5. The quantitative estimate of drug-likeness (QED) is 0.252. The minimum absolute atomic E-state index is 0.107. The molecule has 0 saturated carbocycles. The van der Waals surface area contributed by atoms with Gasteiger partial charge in [0, 0.05) is 23.5 Å². The summed E-state index contributed by atoms with van der Waals surface area (Å²) in [6, 6.07) is 13.4. The van der Waals surface area contributed by atoms with Crippen LogP contribution in [0.25, 0.3) is 11.0 Å². The van der Waals surface area contributed by atoms with E-state index in [0.717, 1.165) is 5.52 Å². The number of nitrogens with zero attached hydrogens (tertiary/aromatic N) is 6. The van der Waals surface area contributed by atoms with Gasteiger partial charge in [-0.25, -0.2) is 4.68 Å². The molecule has 6 atom stereocenters. The molecule has 2 bridgehead atoms. The van der Waals surface area contributed by atoms with Crippen molar-refractivity contribution in [3.63, 3.8) is 0 Å². The molecule has 12 heteroatoms. The minimum atomic E-state index is -0.884. The van der Waals surface area contributed by atoms with Crippen LogP contribution in [-0.4, -0.2) is 95.5 Å². The summed E-state index contributed by atoms with van der Waals surface area (Å²) in [5.41, 5.74) is 2.17. The number of fused-ring (bicyclic) bond motifs is 2. The van der Waals surface area contributed by atoms with Gasteiger partial charge >= 0.3 is 0 Å². The highest BCUT2D eigenvalue weighted by Gasteiger charge is 2.78. The fourth-order valence-electron chi connectivity index (χ4n) is 8.06. The number of rotatable bonds is 14. The van der Waals surface area contributed by atoms with E-state index in [1.807, 2.05) is 62.4 Å².